The van der Waals surface area contributed by atoms with Crippen LogP contribution in [0.5, 0.6) is 5.75 Å². The molecule has 0 saturated heterocycles. The Morgan fingerprint density at radius 2 is 1.77 bits per heavy atom. The number of thioether (sulfide) groups is 1. The highest BCUT2D eigenvalue weighted by atomic mass is 32.2. The Bertz CT molecular complexity index is 1420. The van der Waals surface area contributed by atoms with Crippen LogP contribution in [0.25, 0.3) is 0 Å². The minimum absolute atomic E-state index is 0.157. The molecule has 40 heavy (non-hydrogen) atoms. The first-order valence-electron chi connectivity index (χ1n) is 11.8. The molecule has 0 bridgehead atoms. The van der Waals surface area contributed by atoms with Crippen molar-refractivity contribution in [2.45, 2.75) is 37.1 Å². The normalized spacial score (nSPS) is 11.2. The number of hydrogen-bond donors (Lipinski definition) is 2. The number of aromatic nitrogens is 5. The van der Waals surface area contributed by atoms with Gasteiger partial charge in [-0.15, -0.1) is 45.3 Å². The number of carbonyl (C=O) groups is 2. The summed E-state index contributed by atoms with van der Waals surface area (Å²) < 4.78 is 41.0. The highest BCUT2D eigenvalue weighted by Gasteiger charge is 2.31. The van der Waals surface area contributed by atoms with Crippen molar-refractivity contribution >= 4 is 45.9 Å². The van der Waals surface area contributed by atoms with E-state index < -0.39 is 18.0 Å². The van der Waals surface area contributed by atoms with Gasteiger partial charge >= 0.3 is 6.36 Å². The third-order valence-corrected chi connectivity index (χ3v) is 6.87. The van der Waals surface area contributed by atoms with Crippen LogP contribution in [0.15, 0.2) is 65.8 Å². The van der Waals surface area contributed by atoms with E-state index in [1.54, 1.807) is 30.5 Å². The molecule has 208 valence electrons. The number of amides is 2. The van der Waals surface area contributed by atoms with Crippen molar-refractivity contribution in [1.29, 1.82) is 0 Å². The number of nitrogens with one attached hydrogen (secondary N) is 2. The van der Waals surface area contributed by atoms with E-state index >= 15 is 0 Å². The molecule has 0 fully saturated rings. The number of nitrogens with zero attached hydrogens (tertiary/aromatic N) is 5. The molecule has 0 unspecified atom stereocenters. The molecule has 0 radical (unpaired) electrons. The maximum absolute atomic E-state index is 12.4. The van der Waals surface area contributed by atoms with Gasteiger partial charge in [0.1, 0.15) is 15.8 Å². The standard InChI is InChI=1S/C25H22F3N7O3S2/c26-25(27,28)38-18-7-3-5-16(13-18)14-20(36)30-19-9-10-22(33-32-19)39-12-4-8-23-34-35-24(40-23)31-21(37)15-17-6-1-2-11-29-17/h1-3,5-7,9-11,13H,4,8,12,14-15H2,(H,30,32,36)(H,31,35,37). The van der Waals surface area contributed by atoms with Gasteiger partial charge in [0.2, 0.25) is 16.9 Å². The molecule has 0 spiro atoms. The number of pyridine rings is 1. The predicted octanol–water partition coefficient (Wildman–Crippen LogP) is 4.71. The van der Waals surface area contributed by atoms with E-state index in [1.807, 2.05) is 6.07 Å². The zero-order chi connectivity index (χ0) is 28.4. The first kappa shape index (κ1) is 28.9. The molecule has 1 aromatic carbocycles. The summed E-state index contributed by atoms with van der Waals surface area (Å²) in [5.74, 6) is -0.0990. The van der Waals surface area contributed by atoms with E-state index in [9.17, 15) is 22.8 Å². The number of halogens is 3. The lowest BCUT2D eigenvalue weighted by Crippen LogP contribution is -2.18. The smallest absolute Gasteiger partial charge is 0.406 e. The van der Waals surface area contributed by atoms with Crippen LogP contribution in [-0.4, -0.2) is 49.3 Å². The molecule has 3 heterocycles. The number of aryl methyl sites for hydroxylation is 1. The average molecular weight is 590 g/mol. The van der Waals surface area contributed by atoms with Crippen molar-refractivity contribution < 1.29 is 27.5 Å². The van der Waals surface area contributed by atoms with Crippen molar-refractivity contribution in [3.63, 3.8) is 0 Å². The molecule has 10 nitrogen and oxygen atoms in total. The summed E-state index contributed by atoms with van der Waals surface area (Å²) in [6.45, 7) is 0. The Kier molecular flexibility index (Phi) is 9.96. The molecule has 3 aromatic heterocycles. The van der Waals surface area contributed by atoms with Gasteiger partial charge in [0.25, 0.3) is 0 Å². The van der Waals surface area contributed by atoms with Crippen LogP contribution in [0.2, 0.25) is 0 Å². The Hall–Kier alpha value is -4.11. The number of carbonyl (C=O) groups excluding carboxylic acids is 2. The van der Waals surface area contributed by atoms with Crippen molar-refractivity contribution in [2.75, 3.05) is 16.4 Å². The van der Waals surface area contributed by atoms with E-state index in [2.05, 4.69) is 40.7 Å². The number of anilines is 2. The summed E-state index contributed by atoms with van der Waals surface area (Å²) >= 11 is 2.80. The van der Waals surface area contributed by atoms with Crippen LogP contribution in [0, 0.1) is 0 Å². The predicted molar refractivity (Wildman–Crippen MR) is 143 cm³/mol. The summed E-state index contributed by atoms with van der Waals surface area (Å²) in [7, 11) is 0. The van der Waals surface area contributed by atoms with Crippen LogP contribution >= 0.6 is 23.1 Å². The molecule has 15 heteroatoms. The lowest BCUT2D eigenvalue weighted by atomic mass is 10.1. The van der Waals surface area contributed by atoms with Gasteiger partial charge in [-0.05, 0) is 54.1 Å². The maximum atomic E-state index is 12.4. The fourth-order valence-electron chi connectivity index (χ4n) is 3.32. The third kappa shape index (κ3) is 9.89. The summed E-state index contributed by atoms with van der Waals surface area (Å²) in [5.41, 5.74) is 1.03. The quantitative estimate of drug-likeness (QED) is 0.178. The van der Waals surface area contributed by atoms with Crippen LogP contribution < -0.4 is 15.4 Å². The van der Waals surface area contributed by atoms with Crippen LogP contribution in [0.3, 0.4) is 0 Å². The highest BCUT2D eigenvalue weighted by Crippen LogP contribution is 2.24. The zero-order valence-electron chi connectivity index (χ0n) is 20.7. The van der Waals surface area contributed by atoms with E-state index in [1.165, 1.54) is 35.2 Å². The lowest BCUT2D eigenvalue weighted by molar-refractivity contribution is -0.274. The molecule has 0 atom stereocenters. The van der Waals surface area contributed by atoms with Crippen molar-refractivity contribution in [1.82, 2.24) is 25.4 Å². The molecule has 0 aliphatic carbocycles. The number of benzene rings is 1. The highest BCUT2D eigenvalue weighted by molar-refractivity contribution is 7.99. The van der Waals surface area contributed by atoms with Gasteiger partial charge < -0.3 is 15.4 Å². The molecule has 4 rings (SSSR count). The first-order chi connectivity index (χ1) is 19.2. The van der Waals surface area contributed by atoms with Gasteiger partial charge in [-0.3, -0.25) is 14.6 Å². The molecule has 2 N–H and O–H groups in total. The number of hydrogen-bond acceptors (Lipinski definition) is 10. The van der Waals surface area contributed by atoms with Gasteiger partial charge in [-0.2, -0.15) is 0 Å². The SMILES string of the molecule is O=C(Cc1cccc(OC(F)(F)F)c1)Nc1ccc(SCCCc2nnc(NC(=O)Cc3ccccn3)s2)nn1. The van der Waals surface area contributed by atoms with Crippen LogP contribution in [0.4, 0.5) is 24.1 Å². The van der Waals surface area contributed by atoms with Gasteiger partial charge in [-0.1, -0.05) is 29.5 Å². The summed E-state index contributed by atoms with van der Waals surface area (Å²) in [5, 5.41) is 23.4. The summed E-state index contributed by atoms with van der Waals surface area (Å²) in [6.07, 6.45) is -1.71. The van der Waals surface area contributed by atoms with Crippen LogP contribution in [-0.2, 0) is 28.9 Å². The van der Waals surface area contributed by atoms with Crippen LogP contribution in [0.1, 0.15) is 22.7 Å². The number of rotatable bonds is 12. The van der Waals surface area contributed by atoms with Gasteiger partial charge in [0.15, 0.2) is 5.82 Å². The largest absolute Gasteiger partial charge is 0.573 e. The van der Waals surface area contributed by atoms with E-state index in [0.717, 1.165) is 29.3 Å². The van der Waals surface area contributed by atoms with Crippen molar-refractivity contribution in [3.8, 4) is 5.75 Å². The molecule has 4 aromatic rings. The fraction of sp³-hybridized carbons (Fsp3) is 0.240. The van der Waals surface area contributed by atoms with Gasteiger partial charge in [-0.25, -0.2) is 0 Å². The molecular weight excluding hydrogens is 567 g/mol. The second kappa shape index (κ2) is 13.8. The Labute approximate surface area is 234 Å². The average Bonchev–Trinajstić information content (AvgIpc) is 3.34. The monoisotopic (exact) mass is 589 g/mol. The fourth-order valence-corrected chi connectivity index (χ4v) is 4.88. The lowest BCUT2D eigenvalue weighted by Gasteiger charge is -2.10. The summed E-state index contributed by atoms with van der Waals surface area (Å²) in [4.78, 5) is 28.5. The molecule has 2 amide bonds. The molecule has 0 aliphatic rings. The zero-order valence-corrected chi connectivity index (χ0v) is 22.4. The van der Waals surface area contributed by atoms with Crippen molar-refractivity contribution in [2.24, 2.45) is 0 Å². The van der Waals surface area contributed by atoms with E-state index in [0.29, 0.717) is 27.8 Å². The second-order valence-electron chi connectivity index (χ2n) is 8.18. The molecule has 0 saturated carbocycles. The maximum Gasteiger partial charge on any atom is 0.573 e. The third-order valence-electron chi connectivity index (χ3n) is 4.97. The number of ether oxygens (including phenoxy) is 1. The minimum Gasteiger partial charge on any atom is -0.406 e. The van der Waals surface area contributed by atoms with Gasteiger partial charge in [0.05, 0.1) is 12.8 Å². The molecular formula is C25H22F3N7O3S2. The Balaban J connectivity index is 1.15. The van der Waals surface area contributed by atoms with Gasteiger partial charge in [0, 0.05) is 18.3 Å². The van der Waals surface area contributed by atoms with E-state index in [-0.39, 0.29) is 24.6 Å². The Morgan fingerprint density at radius 3 is 2.52 bits per heavy atom. The number of alkyl halides is 3. The summed E-state index contributed by atoms with van der Waals surface area (Å²) in [6, 6.07) is 13.9. The first-order valence-corrected chi connectivity index (χ1v) is 13.7. The Morgan fingerprint density at radius 1 is 0.925 bits per heavy atom. The minimum atomic E-state index is -4.81. The van der Waals surface area contributed by atoms with Crippen molar-refractivity contribution in [3.05, 3.63) is 77.1 Å². The van der Waals surface area contributed by atoms with E-state index in [4.69, 9.17) is 0 Å². The molecule has 0 aliphatic heterocycles. The second-order valence-corrected chi connectivity index (χ2v) is 10.4. The topological polar surface area (TPSA) is 132 Å².